The Labute approximate surface area is 114 Å². The highest BCUT2D eigenvalue weighted by molar-refractivity contribution is 5.37. The molecule has 0 N–H and O–H groups in total. The molecule has 0 aliphatic carbocycles. The summed E-state index contributed by atoms with van der Waals surface area (Å²) in [6, 6.07) is 4.65. The Balaban J connectivity index is 1.71. The van der Waals surface area contributed by atoms with Crippen molar-refractivity contribution in [3.05, 3.63) is 17.8 Å². The van der Waals surface area contributed by atoms with Crippen LogP contribution in [0.5, 0.6) is 0 Å². The number of ether oxygens (including phenoxy) is 1. The summed E-state index contributed by atoms with van der Waals surface area (Å²) in [7, 11) is 2.21. The number of rotatable bonds is 1. The molecule has 2 aliphatic rings. The van der Waals surface area contributed by atoms with Crippen LogP contribution in [0, 0.1) is 6.92 Å². The molecule has 2 saturated heterocycles. The Bertz CT molecular complexity index is 422. The average molecular weight is 262 g/mol. The van der Waals surface area contributed by atoms with Gasteiger partial charge in [0.05, 0.1) is 18.4 Å². The Morgan fingerprint density at radius 2 is 2.00 bits per heavy atom. The summed E-state index contributed by atoms with van der Waals surface area (Å²) in [5.41, 5.74) is 0.968. The van der Waals surface area contributed by atoms with Gasteiger partial charge in [0.2, 0.25) is 0 Å². The molecule has 104 valence electrons. The summed E-state index contributed by atoms with van der Waals surface area (Å²) < 4.78 is 5.93. The molecule has 0 bridgehead atoms. The van der Waals surface area contributed by atoms with Crippen LogP contribution in [0.15, 0.2) is 12.1 Å². The molecule has 1 aromatic rings. The molecule has 19 heavy (non-hydrogen) atoms. The van der Waals surface area contributed by atoms with E-state index in [-0.39, 0.29) is 0 Å². The van der Waals surface area contributed by atoms with Gasteiger partial charge in [-0.3, -0.25) is 4.90 Å². The minimum atomic E-state index is 0.377. The molecule has 2 aliphatic heterocycles. The maximum absolute atomic E-state index is 5.93. The number of hydrogen-bond acceptors (Lipinski definition) is 5. The second kappa shape index (κ2) is 5.43. The summed E-state index contributed by atoms with van der Waals surface area (Å²) in [5.74, 6) is 0.993. The number of nitrogens with zero attached hydrogens (tertiary/aromatic N) is 4. The highest BCUT2D eigenvalue weighted by atomic mass is 16.5. The molecule has 0 aromatic carbocycles. The van der Waals surface area contributed by atoms with Crippen LogP contribution in [0.3, 0.4) is 0 Å². The fourth-order valence-corrected chi connectivity index (χ4v) is 3.06. The second-order valence-electron chi connectivity index (χ2n) is 5.55. The van der Waals surface area contributed by atoms with E-state index in [1.807, 2.05) is 13.0 Å². The summed E-state index contributed by atoms with van der Waals surface area (Å²) in [6.45, 7) is 5.92. The van der Waals surface area contributed by atoms with E-state index in [1.54, 1.807) is 0 Å². The smallest absolute Gasteiger partial charge is 0.151 e. The number of fused-ring (bicyclic) bond motifs is 1. The van der Waals surface area contributed by atoms with Crippen LogP contribution < -0.4 is 4.90 Å². The van der Waals surface area contributed by atoms with Crippen LogP contribution in [0.4, 0.5) is 5.82 Å². The van der Waals surface area contributed by atoms with Gasteiger partial charge in [0.1, 0.15) is 0 Å². The first-order valence-electron chi connectivity index (χ1n) is 7.11. The van der Waals surface area contributed by atoms with Gasteiger partial charge in [-0.25, -0.2) is 0 Å². The van der Waals surface area contributed by atoms with E-state index in [0.717, 1.165) is 50.6 Å². The van der Waals surface area contributed by atoms with Crippen LogP contribution in [-0.4, -0.2) is 60.5 Å². The molecule has 5 heteroatoms. The summed E-state index contributed by atoms with van der Waals surface area (Å²) in [4.78, 5) is 4.78. The van der Waals surface area contributed by atoms with Crippen molar-refractivity contribution in [2.24, 2.45) is 0 Å². The van der Waals surface area contributed by atoms with Gasteiger partial charge in [-0.2, -0.15) is 5.10 Å². The van der Waals surface area contributed by atoms with E-state index in [4.69, 9.17) is 4.74 Å². The highest BCUT2D eigenvalue weighted by Crippen LogP contribution is 2.24. The largest absolute Gasteiger partial charge is 0.375 e. The van der Waals surface area contributed by atoms with E-state index in [2.05, 4.69) is 33.1 Å². The molecule has 1 aromatic heterocycles. The molecule has 0 spiro atoms. The quantitative estimate of drug-likeness (QED) is 0.757. The normalized spacial score (nSPS) is 28.8. The third kappa shape index (κ3) is 2.72. The lowest BCUT2D eigenvalue weighted by molar-refractivity contribution is -0.0616. The van der Waals surface area contributed by atoms with E-state index in [0.29, 0.717) is 12.1 Å². The third-order valence-electron chi connectivity index (χ3n) is 4.26. The molecule has 0 amide bonds. The van der Waals surface area contributed by atoms with Crippen molar-refractivity contribution in [2.45, 2.75) is 31.9 Å². The van der Waals surface area contributed by atoms with Crippen LogP contribution in [0.2, 0.25) is 0 Å². The molecule has 0 saturated carbocycles. The SMILES string of the molecule is Cc1ccc(N2CCC3OCCN(C)C3CC2)nn1. The monoisotopic (exact) mass is 262 g/mol. The van der Waals surface area contributed by atoms with Gasteiger partial charge in [-0.1, -0.05) is 0 Å². The van der Waals surface area contributed by atoms with Gasteiger partial charge in [-0.15, -0.1) is 5.10 Å². The number of anilines is 1. The van der Waals surface area contributed by atoms with Crippen molar-refractivity contribution in [3.63, 3.8) is 0 Å². The molecule has 2 fully saturated rings. The van der Waals surface area contributed by atoms with Gasteiger partial charge in [-0.05, 0) is 38.9 Å². The Kier molecular flexibility index (Phi) is 3.66. The maximum Gasteiger partial charge on any atom is 0.151 e. The standard InChI is InChI=1S/C14H22N4O/c1-11-3-4-14(16-15-11)18-7-5-12-13(6-8-18)19-10-9-17(12)2/h3-4,12-13H,5-10H2,1-2H3. The second-order valence-corrected chi connectivity index (χ2v) is 5.55. The Morgan fingerprint density at radius 1 is 1.16 bits per heavy atom. The minimum Gasteiger partial charge on any atom is -0.375 e. The first-order valence-corrected chi connectivity index (χ1v) is 7.11. The number of morpholine rings is 1. The molecule has 3 heterocycles. The van der Waals surface area contributed by atoms with Crippen molar-refractivity contribution in [2.75, 3.05) is 38.2 Å². The van der Waals surface area contributed by atoms with E-state index in [1.165, 1.54) is 0 Å². The zero-order valence-electron chi connectivity index (χ0n) is 11.7. The predicted octanol–water partition coefficient (Wildman–Crippen LogP) is 1.08. The summed E-state index contributed by atoms with van der Waals surface area (Å²) in [6.07, 6.45) is 2.59. The van der Waals surface area contributed by atoms with Crippen molar-refractivity contribution >= 4 is 5.82 Å². The predicted molar refractivity (Wildman–Crippen MR) is 74.4 cm³/mol. The fourth-order valence-electron chi connectivity index (χ4n) is 3.06. The molecule has 2 atom stereocenters. The third-order valence-corrected chi connectivity index (χ3v) is 4.26. The number of hydrogen-bond donors (Lipinski definition) is 0. The van der Waals surface area contributed by atoms with E-state index >= 15 is 0 Å². The van der Waals surface area contributed by atoms with Crippen molar-refractivity contribution in [1.82, 2.24) is 15.1 Å². The van der Waals surface area contributed by atoms with Crippen molar-refractivity contribution in [1.29, 1.82) is 0 Å². The van der Waals surface area contributed by atoms with Crippen molar-refractivity contribution < 1.29 is 4.74 Å². The average Bonchev–Trinajstić information content (AvgIpc) is 2.63. The van der Waals surface area contributed by atoms with Gasteiger partial charge < -0.3 is 9.64 Å². The maximum atomic E-state index is 5.93. The molecular weight excluding hydrogens is 240 g/mol. The van der Waals surface area contributed by atoms with E-state index < -0.39 is 0 Å². The van der Waals surface area contributed by atoms with Crippen LogP contribution in [0.25, 0.3) is 0 Å². The van der Waals surface area contributed by atoms with Crippen LogP contribution in [0.1, 0.15) is 18.5 Å². The fraction of sp³-hybridized carbons (Fsp3) is 0.714. The lowest BCUT2D eigenvalue weighted by atomic mass is 10.0. The Morgan fingerprint density at radius 3 is 2.79 bits per heavy atom. The van der Waals surface area contributed by atoms with Gasteiger partial charge in [0.25, 0.3) is 0 Å². The van der Waals surface area contributed by atoms with E-state index in [9.17, 15) is 0 Å². The van der Waals surface area contributed by atoms with Crippen molar-refractivity contribution in [3.8, 4) is 0 Å². The molecule has 5 nitrogen and oxygen atoms in total. The molecule has 0 radical (unpaired) electrons. The van der Waals surface area contributed by atoms with Gasteiger partial charge in [0, 0.05) is 25.7 Å². The summed E-state index contributed by atoms with van der Waals surface area (Å²) >= 11 is 0. The first kappa shape index (κ1) is 12.8. The number of aryl methyl sites for hydroxylation is 1. The topological polar surface area (TPSA) is 41.5 Å². The molecule has 2 unspecified atom stereocenters. The zero-order chi connectivity index (χ0) is 13.2. The molecular formula is C14H22N4O. The minimum absolute atomic E-state index is 0.377. The number of likely N-dealkylation sites (N-methyl/N-ethyl adjacent to an activating group) is 1. The van der Waals surface area contributed by atoms with Crippen LogP contribution >= 0.6 is 0 Å². The van der Waals surface area contributed by atoms with Gasteiger partial charge >= 0.3 is 0 Å². The van der Waals surface area contributed by atoms with Crippen LogP contribution in [-0.2, 0) is 4.74 Å². The summed E-state index contributed by atoms with van der Waals surface area (Å²) in [5, 5.41) is 8.46. The molecule has 3 rings (SSSR count). The first-order chi connectivity index (χ1) is 9.24. The highest BCUT2D eigenvalue weighted by Gasteiger charge is 2.33. The lowest BCUT2D eigenvalue weighted by Crippen LogP contribution is -2.49. The number of aromatic nitrogens is 2. The Hall–Kier alpha value is -1.20. The van der Waals surface area contributed by atoms with Gasteiger partial charge in [0.15, 0.2) is 5.82 Å². The lowest BCUT2D eigenvalue weighted by Gasteiger charge is -2.37. The zero-order valence-corrected chi connectivity index (χ0v) is 11.7.